The molecule has 1 saturated heterocycles. The van der Waals surface area contributed by atoms with Crippen LogP contribution in [0.1, 0.15) is 31.4 Å². The molecule has 0 spiro atoms. The maximum absolute atomic E-state index is 12.5. The number of likely N-dealkylation sites (N-methyl/N-ethyl adjacent to an activating group) is 1. The monoisotopic (exact) mass is 421 g/mol. The molecule has 0 radical (unpaired) electrons. The van der Waals surface area contributed by atoms with Crippen LogP contribution in [0.15, 0.2) is 36.5 Å². The lowest BCUT2D eigenvalue weighted by Crippen LogP contribution is -2.43. The van der Waals surface area contributed by atoms with Gasteiger partial charge in [0.25, 0.3) is 0 Å². The number of hydrogen-bond donors (Lipinski definition) is 1. The van der Waals surface area contributed by atoms with Crippen molar-refractivity contribution in [3.8, 4) is 0 Å². The fourth-order valence-corrected chi connectivity index (χ4v) is 4.23. The van der Waals surface area contributed by atoms with Gasteiger partial charge in [0.1, 0.15) is 0 Å². The Kier molecular flexibility index (Phi) is 7.10. The summed E-state index contributed by atoms with van der Waals surface area (Å²) in [5.74, 6) is 0.860. The second-order valence-corrected chi connectivity index (χ2v) is 8.07. The maximum Gasteiger partial charge on any atom is 0.234 e. The van der Waals surface area contributed by atoms with Gasteiger partial charge in [-0.1, -0.05) is 29.3 Å². The van der Waals surface area contributed by atoms with E-state index >= 15 is 0 Å². The van der Waals surface area contributed by atoms with Gasteiger partial charge in [0.05, 0.1) is 12.6 Å². The lowest BCUT2D eigenvalue weighted by molar-refractivity contribution is -0.122. The minimum absolute atomic E-state index is 0.0370. The zero-order valence-electron chi connectivity index (χ0n) is 16.1. The van der Waals surface area contributed by atoms with Crippen LogP contribution in [0.2, 0.25) is 10.0 Å². The molecule has 0 bridgehead atoms. The van der Waals surface area contributed by atoms with E-state index in [1.54, 1.807) is 18.3 Å². The van der Waals surface area contributed by atoms with Crippen LogP contribution in [0.4, 0.5) is 5.82 Å². The van der Waals surface area contributed by atoms with Crippen LogP contribution in [-0.4, -0.2) is 53.7 Å². The molecule has 0 saturated carbocycles. The van der Waals surface area contributed by atoms with Crippen molar-refractivity contribution < 1.29 is 4.79 Å². The summed E-state index contributed by atoms with van der Waals surface area (Å²) >= 11 is 12.2. The van der Waals surface area contributed by atoms with Gasteiger partial charge in [-0.2, -0.15) is 5.10 Å². The lowest BCUT2D eigenvalue weighted by atomic mass is 10.1. The molecule has 3 rings (SSSR count). The number of amides is 1. The second kappa shape index (κ2) is 9.54. The molecule has 1 N–H and O–H groups in total. The van der Waals surface area contributed by atoms with Gasteiger partial charge >= 0.3 is 0 Å². The van der Waals surface area contributed by atoms with Crippen LogP contribution in [0.5, 0.6) is 0 Å². The standard InChI is InChI=1S/C20H25Cl2N5O/c1-14(17-8-7-15(21)11-18(17)22)24-20(28)13-26(2)12-16-5-4-10-27(16)19-6-3-9-23-25-19/h3,6-9,11,14,16H,4-5,10,12-13H2,1-2H3,(H,24,28). The third kappa shape index (κ3) is 5.34. The Morgan fingerprint density at radius 2 is 2.21 bits per heavy atom. The highest BCUT2D eigenvalue weighted by atomic mass is 35.5. The summed E-state index contributed by atoms with van der Waals surface area (Å²) in [4.78, 5) is 16.8. The number of aromatic nitrogens is 2. The van der Waals surface area contributed by atoms with E-state index in [1.807, 2.05) is 37.1 Å². The highest BCUT2D eigenvalue weighted by Gasteiger charge is 2.27. The van der Waals surface area contributed by atoms with E-state index in [0.717, 1.165) is 37.3 Å². The van der Waals surface area contributed by atoms with Crippen LogP contribution in [-0.2, 0) is 4.79 Å². The molecular weight excluding hydrogens is 397 g/mol. The Hall–Kier alpha value is -1.89. The molecule has 1 aliphatic heterocycles. The zero-order valence-corrected chi connectivity index (χ0v) is 17.6. The van der Waals surface area contributed by atoms with Crippen LogP contribution in [0.25, 0.3) is 0 Å². The van der Waals surface area contributed by atoms with Gasteiger partial charge in [-0.25, -0.2) is 0 Å². The van der Waals surface area contributed by atoms with E-state index < -0.39 is 0 Å². The average molecular weight is 422 g/mol. The smallest absolute Gasteiger partial charge is 0.234 e. The van der Waals surface area contributed by atoms with Crippen LogP contribution < -0.4 is 10.2 Å². The first-order valence-electron chi connectivity index (χ1n) is 9.41. The number of carbonyl (C=O) groups excluding carboxylic acids is 1. The van der Waals surface area contributed by atoms with Gasteiger partial charge in [0, 0.05) is 35.4 Å². The van der Waals surface area contributed by atoms with Gasteiger partial charge in [-0.3, -0.25) is 9.69 Å². The fourth-order valence-electron chi connectivity index (χ4n) is 3.66. The molecule has 150 valence electrons. The first kappa shape index (κ1) is 20.8. The number of benzene rings is 1. The van der Waals surface area contributed by atoms with Crippen molar-refractivity contribution >= 4 is 34.9 Å². The van der Waals surface area contributed by atoms with Gasteiger partial charge in [0.2, 0.25) is 5.91 Å². The maximum atomic E-state index is 12.5. The molecule has 1 fully saturated rings. The van der Waals surface area contributed by atoms with Crippen molar-refractivity contribution in [2.45, 2.75) is 31.8 Å². The number of rotatable bonds is 7. The van der Waals surface area contributed by atoms with Gasteiger partial charge in [-0.05, 0) is 56.6 Å². The summed E-state index contributed by atoms with van der Waals surface area (Å²) < 4.78 is 0. The largest absolute Gasteiger partial charge is 0.351 e. The first-order valence-corrected chi connectivity index (χ1v) is 10.2. The second-order valence-electron chi connectivity index (χ2n) is 7.22. The quantitative estimate of drug-likeness (QED) is 0.740. The predicted molar refractivity (Wildman–Crippen MR) is 113 cm³/mol. The molecule has 2 unspecified atom stereocenters. The molecule has 1 amide bonds. The van der Waals surface area contributed by atoms with Gasteiger partial charge in [-0.15, -0.1) is 5.10 Å². The lowest BCUT2D eigenvalue weighted by Gasteiger charge is -2.29. The van der Waals surface area contributed by atoms with E-state index in [9.17, 15) is 4.79 Å². The number of nitrogens with zero attached hydrogens (tertiary/aromatic N) is 4. The van der Waals surface area contributed by atoms with E-state index in [4.69, 9.17) is 23.2 Å². The SMILES string of the molecule is CC(NC(=O)CN(C)CC1CCCN1c1cccnn1)c1ccc(Cl)cc1Cl. The highest BCUT2D eigenvalue weighted by molar-refractivity contribution is 6.35. The van der Waals surface area contributed by atoms with E-state index in [-0.39, 0.29) is 11.9 Å². The summed E-state index contributed by atoms with van der Waals surface area (Å²) in [5.41, 5.74) is 0.853. The third-order valence-corrected chi connectivity index (χ3v) is 5.53. The van der Waals surface area contributed by atoms with Crippen molar-refractivity contribution in [1.29, 1.82) is 0 Å². The predicted octanol–water partition coefficient (Wildman–Crippen LogP) is 3.56. The van der Waals surface area contributed by atoms with Crippen molar-refractivity contribution in [2.75, 3.05) is 31.6 Å². The molecule has 2 atom stereocenters. The fraction of sp³-hybridized carbons (Fsp3) is 0.450. The van der Waals surface area contributed by atoms with Crippen LogP contribution >= 0.6 is 23.2 Å². The van der Waals surface area contributed by atoms with Crippen LogP contribution in [0.3, 0.4) is 0 Å². The zero-order chi connectivity index (χ0) is 20.1. The van der Waals surface area contributed by atoms with Crippen molar-refractivity contribution in [3.63, 3.8) is 0 Å². The number of halogens is 2. The normalized spacial score (nSPS) is 17.8. The Morgan fingerprint density at radius 1 is 1.39 bits per heavy atom. The molecule has 6 nitrogen and oxygen atoms in total. The Balaban J connectivity index is 1.52. The average Bonchev–Trinajstić information content (AvgIpc) is 3.10. The minimum Gasteiger partial charge on any atom is -0.351 e. The van der Waals surface area contributed by atoms with Gasteiger partial charge < -0.3 is 10.2 Å². The topological polar surface area (TPSA) is 61.4 Å². The Bertz CT molecular complexity index is 804. The number of carbonyl (C=O) groups is 1. The van der Waals surface area contributed by atoms with Gasteiger partial charge in [0.15, 0.2) is 5.82 Å². The molecule has 1 aromatic heterocycles. The number of nitrogens with one attached hydrogen (secondary N) is 1. The molecule has 0 aliphatic carbocycles. The van der Waals surface area contributed by atoms with Crippen molar-refractivity contribution in [3.05, 3.63) is 52.1 Å². The minimum atomic E-state index is -0.187. The highest BCUT2D eigenvalue weighted by Crippen LogP contribution is 2.26. The van der Waals surface area contributed by atoms with E-state index in [2.05, 4.69) is 20.4 Å². The Labute approximate surface area is 175 Å². The van der Waals surface area contributed by atoms with Crippen molar-refractivity contribution in [1.82, 2.24) is 20.4 Å². The summed E-state index contributed by atoms with van der Waals surface area (Å²) in [6, 6.07) is 9.34. The van der Waals surface area contributed by atoms with E-state index in [0.29, 0.717) is 22.6 Å². The number of hydrogen-bond acceptors (Lipinski definition) is 5. The molecular formula is C20H25Cl2N5O. The third-order valence-electron chi connectivity index (χ3n) is 4.97. The summed E-state index contributed by atoms with van der Waals surface area (Å²) in [7, 11) is 1.96. The molecule has 1 aliphatic rings. The summed E-state index contributed by atoms with van der Waals surface area (Å²) in [6.07, 6.45) is 3.88. The molecule has 28 heavy (non-hydrogen) atoms. The summed E-state index contributed by atoms with van der Waals surface area (Å²) in [6.45, 7) is 4.00. The number of anilines is 1. The first-order chi connectivity index (χ1) is 13.4. The summed E-state index contributed by atoms with van der Waals surface area (Å²) in [5, 5.41) is 12.3. The molecule has 2 heterocycles. The van der Waals surface area contributed by atoms with Crippen molar-refractivity contribution in [2.24, 2.45) is 0 Å². The molecule has 1 aromatic carbocycles. The Morgan fingerprint density at radius 3 is 2.93 bits per heavy atom. The van der Waals surface area contributed by atoms with Crippen LogP contribution in [0, 0.1) is 0 Å². The molecule has 2 aromatic rings. The van der Waals surface area contributed by atoms with E-state index in [1.165, 1.54) is 0 Å². The molecule has 8 heteroatoms.